The van der Waals surface area contributed by atoms with E-state index in [1.54, 1.807) is 12.1 Å². The summed E-state index contributed by atoms with van der Waals surface area (Å²) in [4.78, 5) is 21.4. The fourth-order valence-corrected chi connectivity index (χ4v) is 1.59. The first-order chi connectivity index (χ1) is 10.3. The second-order valence-corrected chi connectivity index (χ2v) is 6.43. The van der Waals surface area contributed by atoms with Gasteiger partial charge in [0.15, 0.2) is 0 Å². The van der Waals surface area contributed by atoms with E-state index in [-0.39, 0.29) is 11.2 Å². The molecule has 0 aliphatic carbocycles. The third-order valence-corrected chi connectivity index (χ3v) is 3.01. The maximum Gasteiger partial charge on any atom is 0.311 e. The Morgan fingerprint density at radius 2 is 1.45 bits per heavy atom. The summed E-state index contributed by atoms with van der Waals surface area (Å²) in [5, 5.41) is -0.223. The second-order valence-electron chi connectivity index (χ2n) is 6.01. The highest BCUT2D eigenvalue weighted by molar-refractivity contribution is 6.63. The quantitative estimate of drug-likeness (QED) is 0.392. The van der Waals surface area contributed by atoms with Gasteiger partial charge in [-0.3, -0.25) is 9.59 Å². The van der Waals surface area contributed by atoms with Crippen LogP contribution < -0.4 is 4.74 Å². The van der Waals surface area contributed by atoms with Crippen molar-refractivity contribution in [2.24, 2.45) is 11.8 Å². The van der Waals surface area contributed by atoms with Crippen LogP contribution in [0.1, 0.15) is 53.4 Å². The lowest BCUT2D eigenvalue weighted by atomic mass is 10.1. The number of carbonyl (C=O) groups is 2. The number of hydrogen-bond acceptors (Lipinski definition) is 3. The van der Waals surface area contributed by atoms with Crippen LogP contribution in [0.2, 0.25) is 0 Å². The minimum Gasteiger partial charge on any atom is -0.427 e. The van der Waals surface area contributed by atoms with E-state index in [9.17, 15) is 9.59 Å². The van der Waals surface area contributed by atoms with E-state index in [1.807, 2.05) is 18.2 Å². The molecule has 124 valence electrons. The Morgan fingerprint density at radius 3 is 1.86 bits per heavy atom. The first kappa shape index (κ1) is 20.6. The Bertz CT molecular complexity index is 427. The molecule has 1 aromatic rings. The highest BCUT2D eigenvalue weighted by Crippen LogP contribution is 2.11. The Labute approximate surface area is 139 Å². The van der Waals surface area contributed by atoms with Crippen LogP contribution >= 0.6 is 11.6 Å². The summed E-state index contributed by atoms with van der Waals surface area (Å²) >= 11 is 5.08. The summed E-state index contributed by atoms with van der Waals surface area (Å²) in [7, 11) is 0. The predicted octanol–water partition coefficient (Wildman–Crippen LogP) is 5.22. The van der Waals surface area contributed by atoms with Gasteiger partial charge in [0.05, 0.1) is 0 Å². The molecule has 0 aliphatic rings. The number of esters is 1. The molecule has 0 saturated heterocycles. The van der Waals surface area contributed by atoms with Gasteiger partial charge in [-0.05, 0) is 48.4 Å². The zero-order valence-electron chi connectivity index (χ0n) is 14.0. The second kappa shape index (κ2) is 12.2. The summed E-state index contributed by atoms with van der Waals surface area (Å²) in [5.74, 6) is 1.60. The molecule has 0 atom stereocenters. The van der Waals surface area contributed by atoms with Gasteiger partial charge in [0, 0.05) is 12.8 Å². The normalized spacial score (nSPS) is 10.1. The van der Waals surface area contributed by atoms with Crippen molar-refractivity contribution in [2.75, 3.05) is 0 Å². The van der Waals surface area contributed by atoms with Crippen molar-refractivity contribution in [3.8, 4) is 5.75 Å². The van der Waals surface area contributed by atoms with E-state index < -0.39 is 0 Å². The minimum absolute atomic E-state index is 0.148. The van der Waals surface area contributed by atoms with E-state index in [1.165, 1.54) is 0 Å². The Morgan fingerprint density at radius 1 is 0.955 bits per heavy atom. The molecule has 0 spiro atoms. The highest BCUT2D eigenvalue weighted by atomic mass is 35.5. The molecule has 0 N–H and O–H groups in total. The van der Waals surface area contributed by atoms with Gasteiger partial charge in [-0.1, -0.05) is 45.9 Å². The molecule has 0 heterocycles. The van der Waals surface area contributed by atoms with Gasteiger partial charge >= 0.3 is 5.97 Å². The van der Waals surface area contributed by atoms with Crippen molar-refractivity contribution in [1.82, 2.24) is 0 Å². The lowest BCUT2D eigenvalue weighted by Crippen LogP contribution is -2.08. The number of benzene rings is 1. The Kier molecular flexibility index (Phi) is 11.5. The summed E-state index contributed by atoms with van der Waals surface area (Å²) in [6.07, 6.45) is 2.79. The van der Waals surface area contributed by atoms with Crippen LogP contribution in [0.5, 0.6) is 5.75 Å². The van der Waals surface area contributed by atoms with Gasteiger partial charge in [-0.2, -0.15) is 0 Å². The van der Waals surface area contributed by atoms with E-state index in [4.69, 9.17) is 16.3 Å². The predicted molar refractivity (Wildman–Crippen MR) is 91.1 cm³/mol. The standard InChI is InChI=1S/C12H16O2.C6H11ClO/c1-10(2)8-9-12(13)14-11-6-4-3-5-7-11;1-5(2)3-4-6(7)8/h3-7,10H,8-9H2,1-2H3;5H,3-4H2,1-2H3. The number of rotatable bonds is 7. The fraction of sp³-hybridized carbons (Fsp3) is 0.556. The maximum atomic E-state index is 11.3. The van der Waals surface area contributed by atoms with Crippen LogP contribution in [-0.4, -0.2) is 11.2 Å². The van der Waals surface area contributed by atoms with Gasteiger partial charge in [0.2, 0.25) is 5.24 Å². The SMILES string of the molecule is CC(C)CCC(=O)Cl.CC(C)CCC(=O)Oc1ccccc1. The zero-order chi connectivity index (χ0) is 17.0. The molecule has 22 heavy (non-hydrogen) atoms. The molecule has 4 heteroatoms. The van der Waals surface area contributed by atoms with Gasteiger partial charge < -0.3 is 4.74 Å². The smallest absolute Gasteiger partial charge is 0.311 e. The van der Waals surface area contributed by atoms with Gasteiger partial charge in [-0.25, -0.2) is 0 Å². The van der Waals surface area contributed by atoms with E-state index in [2.05, 4.69) is 27.7 Å². The van der Waals surface area contributed by atoms with Crippen molar-refractivity contribution in [2.45, 2.75) is 53.4 Å². The average Bonchev–Trinajstić information content (AvgIpc) is 2.45. The molecule has 1 aromatic carbocycles. The van der Waals surface area contributed by atoms with Crippen molar-refractivity contribution in [3.63, 3.8) is 0 Å². The summed E-state index contributed by atoms with van der Waals surface area (Å²) in [6, 6.07) is 9.17. The molecule has 0 fully saturated rings. The first-order valence-electron chi connectivity index (χ1n) is 7.75. The molecule has 0 saturated carbocycles. The fourth-order valence-electron chi connectivity index (χ4n) is 1.48. The summed E-state index contributed by atoms with van der Waals surface area (Å²) in [5.41, 5.74) is 0. The molecule has 0 amide bonds. The third kappa shape index (κ3) is 13.6. The number of carbonyl (C=O) groups excluding carboxylic acids is 2. The number of para-hydroxylation sites is 1. The molecular formula is C18H27ClO3. The van der Waals surface area contributed by atoms with Crippen LogP contribution in [0.3, 0.4) is 0 Å². The highest BCUT2D eigenvalue weighted by Gasteiger charge is 2.05. The van der Waals surface area contributed by atoms with Gasteiger partial charge in [0.1, 0.15) is 5.75 Å². The molecular weight excluding hydrogens is 300 g/mol. The summed E-state index contributed by atoms with van der Waals surface area (Å²) < 4.78 is 5.13. The van der Waals surface area contributed by atoms with Crippen molar-refractivity contribution < 1.29 is 14.3 Å². The lowest BCUT2D eigenvalue weighted by Gasteiger charge is -2.05. The van der Waals surface area contributed by atoms with E-state index in [0.29, 0.717) is 30.4 Å². The van der Waals surface area contributed by atoms with Crippen molar-refractivity contribution in [1.29, 1.82) is 0 Å². The van der Waals surface area contributed by atoms with Gasteiger partial charge in [0.25, 0.3) is 0 Å². The lowest BCUT2D eigenvalue weighted by molar-refractivity contribution is -0.134. The molecule has 0 bridgehead atoms. The molecule has 3 nitrogen and oxygen atoms in total. The van der Waals surface area contributed by atoms with E-state index >= 15 is 0 Å². The van der Waals surface area contributed by atoms with E-state index in [0.717, 1.165) is 12.8 Å². The van der Waals surface area contributed by atoms with Crippen LogP contribution in [0.25, 0.3) is 0 Å². The average molecular weight is 327 g/mol. The largest absolute Gasteiger partial charge is 0.427 e. The number of halogens is 1. The van der Waals surface area contributed by atoms with Crippen molar-refractivity contribution in [3.05, 3.63) is 30.3 Å². The Hall–Kier alpha value is -1.35. The number of ether oxygens (including phenoxy) is 1. The van der Waals surface area contributed by atoms with Crippen LogP contribution in [0.15, 0.2) is 30.3 Å². The minimum atomic E-state index is -0.223. The molecule has 0 unspecified atom stereocenters. The molecule has 0 aliphatic heterocycles. The maximum absolute atomic E-state index is 11.3. The van der Waals surface area contributed by atoms with Crippen molar-refractivity contribution >= 4 is 22.8 Å². The Balaban J connectivity index is 0.000000472. The van der Waals surface area contributed by atoms with Gasteiger partial charge in [-0.15, -0.1) is 0 Å². The third-order valence-electron chi connectivity index (χ3n) is 2.82. The zero-order valence-corrected chi connectivity index (χ0v) is 14.7. The van der Waals surface area contributed by atoms with Crippen LogP contribution in [0, 0.1) is 11.8 Å². The monoisotopic (exact) mass is 326 g/mol. The van der Waals surface area contributed by atoms with Crippen LogP contribution in [-0.2, 0) is 9.59 Å². The number of hydrogen-bond donors (Lipinski definition) is 0. The molecule has 0 radical (unpaired) electrons. The first-order valence-corrected chi connectivity index (χ1v) is 8.13. The summed E-state index contributed by atoms with van der Waals surface area (Å²) in [6.45, 7) is 8.32. The van der Waals surface area contributed by atoms with Crippen LogP contribution in [0.4, 0.5) is 0 Å². The molecule has 0 aromatic heterocycles. The topological polar surface area (TPSA) is 43.4 Å². The molecule has 1 rings (SSSR count).